The zero-order valence-corrected chi connectivity index (χ0v) is 13.2. The Hall–Kier alpha value is -0.590. The maximum atomic E-state index is 12.9. The van der Waals surface area contributed by atoms with Gasteiger partial charge in [-0.15, -0.1) is 0 Å². The third-order valence-electron chi connectivity index (χ3n) is 3.32. The number of halogens is 4. The summed E-state index contributed by atoms with van der Waals surface area (Å²) in [6.07, 6.45) is -1.58. The Morgan fingerprint density at radius 3 is 2.50 bits per heavy atom. The van der Waals surface area contributed by atoms with Crippen LogP contribution >= 0.6 is 15.9 Å². The van der Waals surface area contributed by atoms with Gasteiger partial charge in [-0.25, -0.2) is 0 Å². The molecule has 3 N–H and O–H groups in total. The summed E-state index contributed by atoms with van der Waals surface area (Å²) in [5, 5.41) is 0. The van der Waals surface area contributed by atoms with Crippen LogP contribution in [0.4, 0.5) is 13.2 Å². The number of hydrazine groups is 1. The summed E-state index contributed by atoms with van der Waals surface area (Å²) in [5.41, 5.74) is 2.52. The van der Waals surface area contributed by atoms with Gasteiger partial charge in [-0.1, -0.05) is 48.7 Å². The van der Waals surface area contributed by atoms with Crippen LogP contribution in [0.5, 0.6) is 0 Å². The van der Waals surface area contributed by atoms with Crippen LogP contribution in [-0.4, -0.2) is 0 Å². The van der Waals surface area contributed by atoms with Gasteiger partial charge in [0.1, 0.15) is 0 Å². The minimum absolute atomic E-state index is 0.0473. The second-order valence-electron chi connectivity index (χ2n) is 5.09. The molecule has 0 amide bonds. The molecule has 1 rings (SSSR count). The highest BCUT2D eigenvalue weighted by Gasteiger charge is 2.33. The molecule has 0 aliphatic carbocycles. The maximum absolute atomic E-state index is 12.9. The van der Waals surface area contributed by atoms with Crippen molar-refractivity contribution >= 4 is 15.9 Å². The van der Waals surface area contributed by atoms with Gasteiger partial charge in [0, 0.05) is 10.5 Å². The largest absolute Gasteiger partial charge is 0.417 e. The molecule has 0 saturated carbocycles. The van der Waals surface area contributed by atoms with E-state index in [0.717, 1.165) is 18.9 Å². The first-order chi connectivity index (χ1) is 9.29. The summed E-state index contributed by atoms with van der Waals surface area (Å²) in [4.78, 5) is 0. The molecule has 114 valence electrons. The number of benzene rings is 1. The van der Waals surface area contributed by atoms with E-state index in [2.05, 4.69) is 35.2 Å². The molecule has 0 bridgehead atoms. The number of nitrogens with one attached hydrogen (secondary N) is 1. The first-order valence-corrected chi connectivity index (χ1v) is 7.41. The van der Waals surface area contributed by atoms with Crippen molar-refractivity contribution in [2.75, 3.05) is 0 Å². The smallest absolute Gasteiger partial charge is 0.271 e. The molecule has 0 saturated heterocycles. The Bertz CT molecular complexity index is 435. The van der Waals surface area contributed by atoms with Gasteiger partial charge in [0.15, 0.2) is 0 Å². The van der Waals surface area contributed by atoms with Crippen LogP contribution in [0.25, 0.3) is 0 Å². The Morgan fingerprint density at radius 1 is 1.35 bits per heavy atom. The van der Waals surface area contributed by atoms with Crippen molar-refractivity contribution in [1.29, 1.82) is 0 Å². The average Bonchev–Trinajstić information content (AvgIpc) is 2.35. The fraction of sp³-hybridized carbons (Fsp3) is 0.571. The van der Waals surface area contributed by atoms with Crippen molar-refractivity contribution in [1.82, 2.24) is 5.43 Å². The van der Waals surface area contributed by atoms with Crippen LogP contribution in [0.1, 0.15) is 50.3 Å². The van der Waals surface area contributed by atoms with E-state index in [1.165, 1.54) is 6.07 Å². The Kier molecular flexibility index (Phi) is 6.48. The molecular formula is C14H20BrF3N2. The Labute approximate surface area is 126 Å². The summed E-state index contributed by atoms with van der Waals surface area (Å²) in [7, 11) is 0. The molecule has 0 aromatic heterocycles. The van der Waals surface area contributed by atoms with Crippen LogP contribution < -0.4 is 11.3 Å². The molecule has 0 radical (unpaired) electrons. The van der Waals surface area contributed by atoms with Gasteiger partial charge in [-0.05, 0) is 30.0 Å². The molecule has 2 atom stereocenters. The van der Waals surface area contributed by atoms with Crippen LogP contribution in [0.15, 0.2) is 22.7 Å². The highest BCUT2D eigenvalue weighted by Crippen LogP contribution is 2.37. The van der Waals surface area contributed by atoms with Crippen molar-refractivity contribution in [2.24, 2.45) is 11.8 Å². The number of alkyl halides is 3. The van der Waals surface area contributed by atoms with Crippen LogP contribution in [0.2, 0.25) is 0 Å². The summed E-state index contributed by atoms with van der Waals surface area (Å²) < 4.78 is 38.7. The SMILES string of the molecule is CCCC(C)CC(NN)c1ccc(Br)c(C(F)(F)F)c1. The summed E-state index contributed by atoms with van der Waals surface area (Å²) in [6, 6.07) is 3.98. The van der Waals surface area contributed by atoms with E-state index in [0.29, 0.717) is 17.9 Å². The van der Waals surface area contributed by atoms with Crippen LogP contribution in [0, 0.1) is 5.92 Å². The van der Waals surface area contributed by atoms with Crippen molar-refractivity contribution < 1.29 is 13.2 Å². The molecule has 0 spiro atoms. The molecule has 1 aromatic rings. The van der Waals surface area contributed by atoms with Gasteiger partial charge in [-0.3, -0.25) is 11.3 Å². The second-order valence-corrected chi connectivity index (χ2v) is 5.94. The fourth-order valence-corrected chi connectivity index (χ4v) is 2.76. The lowest BCUT2D eigenvalue weighted by molar-refractivity contribution is -0.138. The molecule has 0 aliphatic heterocycles. The third kappa shape index (κ3) is 4.75. The number of hydrogen-bond acceptors (Lipinski definition) is 2. The van der Waals surface area contributed by atoms with Gasteiger partial charge in [0.05, 0.1) is 5.56 Å². The molecule has 0 aliphatic rings. The van der Waals surface area contributed by atoms with Gasteiger partial charge in [0.25, 0.3) is 0 Å². The normalized spacial score (nSPS) is 15.2. The molecule has 2 nitrogen and oxygen atoms in total. The minimum Gasteiger partial charge on any atom is -0.271 e. The minimum atomic E-state index is -4.37. The van der Waals surface area contributed by atoms with Gasteiger partial charge < -0.3 is 0 Å². The van der Waals surface area contributed by atoms with Crippen molar-refractivity contribution in [2.45, 2.75) is 45.3 Å². The summed E-state index contributed by atoms with van der Waals surface area (Å²) in [5.74, 6) is 5.91. The van der Waals surface area contributed by atoms with E-state index in [9.17, 15) is 13.2 Å². The first-order valence-electron chi connectivity index (χ1n) is 6.62. The lowest BCUT2D eigenvalue weighted by Crippen LogP contribution is -2.29. The van der Waals surface area contributed by atoms with Crippen LogP contribution in [-0.2, 0) is 6.18 Å². The zero-order valence-electron chi connectivity index (χ0n) is 11.6. The van der Waals surface area contributed by atoms with E-state index >= 15 is 0 Å². The number of hydrogen-bond donors (Lipinski definition) is 2. The number of nitrogens with two attached hydrogens (primary N) is 1. The van der Waals surface area contributed by atoms with Gasteiger partial charge in [0.2, 0.25) is 0 Å². The van der Waals surface area contributed by atoms with Crippen molar-refractivity contribution in [3.05, 3.63) is 33.8 Å². The van der Waals surface area contributed by atoms with E-state index in [1.807, 2.05) is 0 Å². The standard InChI is InChI=1S/C14H20BrF3N2/c1-3-4-9(2)7-13(20-19)10-5-6-12(15)11(8-10)14(16,17)18/h5-6,8-9,13,20H,3-4,7,19H2,1-2H3. The second kappa shape index (κ2) is 7.43. The molecule has 6 heteroatoms. The highest BCUT2D eigenvalue weighted by molar-refractivity contribution is 9.10. The quantitative estimate of drug-likeness (QED) is 0.570. The predicted molar refractivity (Wildman–Crippen MR) is 77.9 cm³/mol. The van der Waals surface area contributed by atoms with Crippen LogP contribution in [0.3, 0.4) is 0 Å². The molecule has 1 aromatic carbocycles. The number of rotatable bonds is 6. The van der Waals surface area contributed by atoms with Crippen molar-refractivity contribution in [3.63, 3.8) is 0 Å². The lowest BCUT2D eigenvalue weighted by atomic mass is 9.92. The molecule has 0 heterocycles. The Morgan fingerprint density at radius 2 is 2.00 bits per heavy atom. The summed E-state index contributed by atoms with van der Waals surface area (Å²) in [6.45, 7) is 4.17. The Balaban J connectivity index is 2.99. The van der Waals surface area contributed by atoms with E-state index in [-0.39, 0.29) is 10.5 Å². The van der Waals surface area contributed by atoms with Crippen molar-refractivity contribution in [3.8, 4) is 0 Å². The molecule has 20 heavy (non-hydrogen) atoms. The van der Waals surface area contributed by atoms with Gasteiger partial charge >= 0.3 is 6.18 Å². The molecule has 2 unspecified atom stereocenters. The highest BCUT2D eigenvalue weighted by atomic mass is 79.9. The zero-order chi connectivity index (χ0) is 15.3. The van der Waals surface area contributed by atoms with Gasteiger partial charge in [-0.2, -0.15) is 13.2 Å². The summed E-state index contributed by atoms with van der Waals surface area (Å²) >= 11 is 2.94. The predicted octanol–water partition coefficient (Wildman–Crippen LogP) is 4.80. The topological polar surface area (TPSA) is 38.0 Å². The lowest BCUT2D eigenvalue weighted by Gasteiger charge is -2.22. The maximum Gasteiger partial charge on any atom is 0.417 e. The third-order valence-corrected chi connectivity index (χ3v) is 4.01. The van der Waals surface area contributed by atoms with E-state index < -0.39 is 11.7 Å². The average molecular weight is 353 g/mol. The molecule has 0 fully saturated rings. The first kappa shape index (κ1) is 17.5. The van der Waals surface area contributed by atoms with E-state index in [1.54, 1.807) is 6.07 Å². The fourth-order valence-electron chi connectivity index (χ4n) is 2.29. The molecular weight excluding hydrogens is 333 g/mol. The monoisotopic (exact) mass is 352 g/mol. The van der Waals surface area contributed by atoms with E-state index in [4.69, 9.17) is 5.84 Å².